The van der Waals surface area contributed by atoms with E-state index in [1.54, 1.807) is 13.4 Å². The van der Waals surface area contributed by atoms with Crippen molar-refractivity contribution in [2.75, 3.05) is 7.11 Å². The fourth-order valence-corrected chi connectivity index (χ4v) is 4.20. The van der Waals surface area contributed by atoms with E-state index in [2.05, 4.69) is 19.7 Å². The van der Waals surface area contributed by atoms with Crippen LogP contribution in [-0.4, -0.2) is 26.8 Å². The highest BCUT2D eigenvalue weighted by Crippen LogP contribution is 2.32. The van der Waals surface area contributed by atoms with E-state index >= 15 is 0 Å². The number of ether oxygens (including phenoxy) is 3. The fraction of sp³-hybridized carbons (Fsp3) is 0.179. The molecule has 2 aromatic heterocycles. The first-order chi connectivity index (χ1) is 17.8. The third-order valence-corrected chi connectivity index (χ3v) is 6.21. The van der Waals surface area contributed by atoms with Gasteiger partial charge in [-0.2, -0.15) is 4.98 Å². The van der Waals surface area contributed by atoms with Gasteiger partial charge in [0.05, 0.1) is 32.3 Å². The monoisotopic (exact) mass is 480 g/mol. The number of imidazole rings is 1. The van der Waals surface area contributed by atoms with Gasteiger partial charge in [0.1, 0.15) is 24.2 Å². The molecule has 3 heterocycles. The van der Waals surface area contributed by atoms with Crippen molar-refractivity contribution in [1.82, 2.24) is 19.7 Å². The topological polar surface area (TPSA) is 84.4 Å². The van der Waals surface area contributed by atoms with Gasteiger partial charge < -0.3 is 23.3 Å². The predicted molar refractivity (Wildman–Crippen MR) is 132 cm³/mol. The zero-order valence-electron chi connectivity index (χ0n) is 19.7. The van der Waals surface area contributed by atoms with Gasteiger partial charge in [-0.1, -0.05) is 47.6 Å². The SMILES string of the molecule is COc1ccc([C@H]2Cn3cnc(-c4nc(-c5ccc(OCc6ccccc6)cc5)no4)c3CO2)cc1. The van der Waals surface area contributed by atoms with E-state index in [9.17, 15) is 0 Å². The number of benzene rings is 3. The van der Waals surface area contributed by atoms with E-state index in [-0.39, 0.29) is 6.10 Å². The van der Waals surface area contributed by atoms with E-state index < -0.39 is 0 Å². The van der Waals surface area contributed by atoms with Crippen molar-refractivity contribution in [3.05, 3.63) is 102 Å². The Morgan fingerprint density at radius 2 is 1.72 bits per heavy atom. The molecule has 3 aromatic carbocycles. The quantitative estimate of drug-likeness (QED) is 0.306. The van der Waals surface area contributed by atoms with Crippen LogP contribution in [0.1, 0.15) is 22.9 Å². The molecule has 0 unspecified atom stereocenters. The Kier molecular flexibility index (Phi) is 5.93. The molecule has 0 saturated heterocycles. The van der Waals surface area contributed by atoms with Gasteiger partial charge in [-0.25, -0.2) is 4.98 Å². The molecule has 5 aromatic rings. The maximum atomic E-state index is 6.14. The molecule has 1 aliphatic heterocycles. The third-order valence-electron chi connectivity index (χ3n) is 6.21. The highest BCUT2D eigenvalue weighted by Gasteiger charge is 2.26. The van der Waals surface area contributed by atoms with Gasteiger partial charge in [-0.05, 0) is 47.5 Å². The maximum Gasteiger partial charge on any atom is 0.278 e. The van der Waals surface area contributed by atoms with Crippen LogP contribution in [0, 0.1) is 0 Å². The van der Waals surface area contributed by atoms with Crippen LogP contribution >= 0.6 is 0 Å². The molecule has 0 N–H and O–H groups in total. The Labute approximate surface area is 208 Å². The van der Waals surface area contributed by atoms with Crippen molar-refractivity contribution < 1.29 is 18.7 Å². The lowest BCUT2D eigenvalue weighted by Gasteiger charge is -2.25. The number of nitrogens with zero attached hydrogens (tertiary/aromatic N) is 4. The summed E-state index contributed by atoms with van der Waals surface area (Å²) in [5.74, 6) is 2.46. The second kappa shape index (κ2) is 9.67. The minimum absolute atomic E-state index is 0.0636. The lowest BCUT2D eigenvalue weighted by atomic mass is 10.1. The first kappa shape index (κ1) is 22.1. The Morgan fingerprint density at radius 1 is 0.944 bits per heavy atom. The van der Waals surface area contributed by atoms with Crippen LogP contribution in [0.3, 0.4) is 0 Å². The van der Waals surface area contributed by atoms with Gasteiger partial charge in [0.25, 0.3) is 5.89 Å². The zero-order valence-corrected chi connectivity index (χ0v) is 19.7. The summed E-state index contributed by atoms with van der Waals surface area (Å²) in [7, 11) is 1.66. The van der Waals surface area contributed by atoms with Crippen molar-refractivity contribution in [2.45, 2.75) is 25.9 Å². The van der Waals surface area contributed by atoms with Crippen molar-refractivity contribution in [3.8, 4) is 34.5 Å². The second-order valence-electron chi connectivity index (χ2n) is 8.49. The summed E-state index contributed by atoms with van der Waals surface area (Å²) >= 11 is 0. The molecule has 0 bridgehead atoms. The van der Waals surface area contributed by atoms with Crippen LogP contribution < -0.4 is 9.47 Å². The van der Waals surface area contributed by atoms with Gasteiger partial charge in [-0.3, -0.25) is 0 Å². The number of fused-ring (bicyclic) bond motifs is 1. The highest BCUT2D eigenvalue weighted by molar-refractivity contribution is 5.60. The minimum atomic E-state index is -0.0636. The molecule has 1 aliphatic rings. The summed E-state index contributed by atoms with van der Waals surface area (Å²) < 4.78 is 24.9. The summed E-state index contributed by atoms with van der Waals surface area (Å²) in [6.07, 6.45) is 1.73. The molecule has 8 nitrogen and oxygen atoms in total. The minimum Gasteiger partial charge on any atom is -0.497 e. The van der Waals surface area contributed by atoms with Gasteiger partial charge in [0, 0.05) is 5.56 Å². The largest absolute Gasteiger partial charge is 0.497 e. The maximum absolute atomic E-state index is 6.14. The molecule has 0 fully saturated rings. The molecule has 0 saturated carbocycles. The number of methoxy groups -OCH3 is 1. The molecule has 0 radical (unpaired) electrons. The van der Waals surface area contributed by atoms with Crippen molar-refractivity contribution in [2.24, 2.45) is 0 Å². The summed E-state index contributed by atoms with van der Waals surface area (Å²) in [6, 6.07) is 25.6. The van der Waals surface area contributed by atoms with Gasteiger partial charge in [0.15, 0.2) is 5.69 Å². The lowest BCUT2D eigenvalue weighted by Crippen LogP contribution is -2.20. The van der Waals surface area contributed by atoms with Crippen LogP contribution in [0.2, 0.25) is 0 Å². The second-order valence-corrected chi connectivity index (χ2v) is 8.49. The van der Waals surface area contributed by atoms with E-state index in [0.29, 0.717) is 37.2 Å². The molecular formula is C28H24N4O4. The number of aromatic nitrogens is 4. The standard InChI is InChI=1S/C28H24N4O4/c1-33-22-11-7-20(8-12-22)25-15-32-18-29-26(24(32)17-35-25)28-30-27(31-36-28)21-9-13-23(14-10-21)34-16-19-5-3-2-4-6-19/h2-14,18,25H,15-17H2,1H3/t25-/m1/s1. The number of hydrogen-bond acceptors (Lipinski definition) is 7. The molecule has 8 heteroatoms. The molecule has 36 heavy (non-hydrogen) atoms. The van der Waals surface area contributed by atoms with E-state index in [4.69, 9.17) is 18.7 Å². The van der Waals surface area contributed by atoms with Crippen LogP contribution in [0.15, 0.2) is 89.7 Å². The Bertz CT molecular complexity index is 1440. The smallest absolute Gasteiger partial charge is 0.278 e. The Hall–Kier alpha value is -4.43. The molecule has 0 amide bonds. The van der Waals surface area contributed by atoms with E-state index in [1.807, 2.05) is 78.9 Å². The summed E-state index contributed by atoms with van der Waals surface area (Å²) in [5.41, 5.74) is 4.60. The number of hydrogen-bond donors (Lipinski definition) is 0. The van der Waals surface area contributed by atoms with Crippen molar-refractivity contribution in [1.29, 1.82) is 0 Å². The predicted octanol–water partition coefficient (Wildman–Crippen LogP) is 5.46. The number of rotatable bonds is 7. The summed E-state index contributed by atoms with van der Waals surface area (Å²) in [6.45, 7) is 1.57. The van der Waals surface area contributed by atoms with Crippen LogP contribution in [-0.2, 0) is 24.5 Å². The Morgan fingerprint density at radius 3 is 2.50 bits per heavy atom. The lowest BCUT2D eigenvalue weighted by molar-refractivity contribution is 0.00328. The molecule has 0 spiro atoms. The van der Waals surface area contributed by atoms with E-state index in [0.717, 1.165) is 33.9 Å². The average molecular weight is 481 g/mol. The summed E-state index contributed by atoms with van der Waals surface area (Å²) in [5, 5.41) is 4.16. The van der Waals surface area contributed by atoms with Gasteiger partial charge in [0.2, 0.25) is 5.82 Å². The normalized spacial score (nSPS) is 14.9. The molecular weight excluding hydrogens is 456 g/mol. The van der Waals surface area contributed by atoms with Crippen molar-refractivity contribution >= 4 is 0 Å². The Balaban J connectivity index is 1.14. The van der Waals surface area contributed by atoms with Crippen LogP contribution in [0.4, 0.5) is 0 Å². The van der Waals surface area contributed by atoms with Crippen LogP contribution in [0.5, 0.6) is 11.5 Å². The zero-order chi connectivity index (χ0) is 24.3. The first-order valence-corrected chi connectivity index (χ1v) is 11.7. The highest BCUT2D eigenvalue weighted by atomic mass is 16.5. The first-order valence-electron chi connectivity index (χ1n) is 11.7. The van der Waals surface area contributed by atoms with Crippen molar-refractivity contribution in [3.63, 3.8) is 0 Å². The van der Waals surface area contributed by atoms with E-state index in [1.165, 1.54) is 0 Å². The fourth-order valence-electron chi connectivity index (χ4n) is 4.20. The molecule has 0 aliphatic carbocycles. The molecule has 6 rings (SSSR count). The van der Waals surface area contributed by atoms with Gasteiger partial charge in [-0.15, -0.1) is 0 Å². The summed E-state index contributed by atoms with van der Waals surface area (Å²) in [4.78, 5) is 9.13. The van der Waals surface area contributed by atoms with Crippen LogP contribution in [0.25, 0.3) is 23.0 Å². The average Bonchev–Trinajstić information content (AvgIpc) is 3.60. The molecule has 1 atom stereocenters. The molecule has 180 valence electrons. The third kappa shape index (κ3) is 4.46. The van der Waals surface area contributed by atoms with Gasteiger partial charge >= 0.3 is 0 Å².